The summed E-state index contributed by atoms with van der Waals surface area (Å²) in [7, 11) is 1.16. The number of carbonyl (C=O) groups excluding carboxylic acids is 2. The Labute approximate surface area is 116 Å². The maximum absolute atomic E-state index is 11.4. The van der Waals surface area contributed by atoms with Gasteiger partial charge in [-0.15, -0.1) is 0 Å². The van der Waals surface area contributed by atoms with Crippen molar-refractivity contribution in [2.75, 3.05) is 7.11 Å². The molecule has 1 rings (SSSR count). The molecule has 1 N–H and O–H groups in total. The van der Waals surface area contributed by atoms with Crippen LogP contribution in [0, 0.1) is 0 Å². The summed E-state index contributed by atoms with van der Waals surface area (Å²) in [4.78, 5) is 26.1. The van der Waals surface area contributed by atoms with Crippen molar-refractivity contribution in [1.29, 1.82) is 0 Å². The van der Waals surface area contributed by atoms with Crippen molar-refractivity contribution in [2.45, 2.75) is 13.5 Å². The summed E-state index contributed by atoms with van der Waals surface area (Å²) in [6.45, 7) is 1.36. The number of aliphatic hydroxyl groups excluding tert-OH is 1. The van der Waals surface area contributed by atoms with Crippen molar-refractivity contribution < 1.29 is 24.2 Å². The Kier molecular flexibility index (Phi) is 5.96. The van der Waals surface area contributed by atoms with Crippen molar-refractivity contribution in [3.63, 3.8) is 0 Å². The lowest BCUT2D eigenvalue weighted by atomic mass is 10.2. The van der Waals surface area contributed by atoms with Crippen molar-refractivity contribution in [3.05, 3.63) is 47.2 Å². The van der Waals surface area contributed by atoms with Gasteiger partial charge in [-0.3, -0.25) is 0 Å². The van der Waals surface area contributed by atoms with Crippen LogP contribution in [0.1, 0.15) is 12.5 Å². The van der Waals surface area contributed by atoms with E-state index in [0.29, 0.717) is 0 Å². The number of allylic oxidation sites excluding steroid dienone is 1. The monoisotopic (exact) mass is 277 g/mol. The topological polar surface area (TPSA) is 85.2 Å². The molecule has 1 aromatic rings. The zero-order valence-corrected chi connectivity index (χ0v) is 11.2. The first-order valence-corrected chi connectivity index (χ1v) is 5.77. The summed E-state index contributed by atoms with van der Waals surface area (Å²) < 4.78 is 9.31. The number of benzene rings is 1. The molecule has 0 radical (unpaired) electrons. The average Bonchev–Trinajstić information content (AvgIpc) is 2.45. The molecule has 0 aromatic heterocycles. The second kappa shape index (κ2) is 7.73. The molecule has 0 aliphatic rings. The zero-order chi connectivity index (χ0) is 15.0. The highest BCUT2D eigenvalue weighted by Crippen LogP contribution is 2.03. The molecule has 0 aliphatic carbocycles. The second-order valence-electron chi connectivity index (χ2n) is 3.79. The van der Waals surface area contributed by atoms with Gasteiger partial charge in [0.25, 0.3) is 0 Å². The molecule has 0 aliphatic heterocycles. The number of aliphatic hydroxyl groups is 1. The Bertz CT molecular complexity index is 530. The van der Waals surface area contributed by atoms with E-state index in [2.05, 4.69) is 9.73 Å². The molecule has 6 heteroatoms. The van der Waals surface area contributed by atoms with Gasteiger partial charge in [0.15, 0.2) is 0 Å². The Hall–Kier alpha value is -2.63. The fourth-order valence-electron chi connectivity index (χ4n) is 1.28. The number of amides is 1. The van der Waals surface area contributed by atoms with E-state index in [9.17, 15) is 14.7 Å². The number of rotatable bonds is 4. The third kappa shape index (κ3) is 4.93. The lowest BCUT2D eigenvalue weighted by Gasteiger charge is -2.02. The molecule has 0 saturated carbocycles. The molecule has 20 heavy (non-hydrogen) atoms. The fourth-order valence-corrected chi connectivity index (χ4v) is 1.28. The normalized spacial score (nSPS) is 11.9. The molecular formula is C14H15NO5. The highest BCUT2D eigenvalue weighted by Gasteiger charge is 2.11. The summed E-state index contributed by atoms with van der Waals surface area (Å²) >= 11 is 0. The summed E-state index contributed by atoms with van der Waals surface area (Å²) in [6, 6.07) is 9.09. The summed E-state index contributed by atoms with van der Waals surface area (Å²) in [5, 5.41) is 9.27. The number of aliphatic imine (C=N–C) groups is 1. The van der Waals surface area contributed by atoms with Gasteiger partial charge in [-0.05, 0) is 12.5 Å². The summed E-state index contributed by atoms with van der Waals surface area (Å²) in [5.74, 6) is -1.08. The van der Waals surface area contributed by atoms with Crippen LogP contribution < -0.4 is 0 Å². The van der Waals surface area contributed by atoms with Crippen LogP contribution in [0.25, 0.3) is 0 Å². The SMILES string of the molecule is COC(=O)C(/C=N/C(=O)OCc1ccccc1)=C(\C)O. The first-order chi connectivity index (χ1) is 9.54. The van der Waals surface area contributed by atoms with Crippen LogP contribution in [-0.4, -0.2) is 30.5 Å². The highest BCUT2D eigenvalue weighted by molar-refractivity contribution is 6.11. The maximum atomic E-state index is 11.4. The number of hydrogen-bond acceptors (Lipinski definition) is 5. The number of carbonyl (C=O) groups is 2. The van der Waals surface area contributed by atoms with E-state index in [4.69, 9.17) is 4.74 Å². The number of hydrogen-bond donors (Lipinski definition) is 1. The van der Waals surface area contributed by atoms with Crippen LogP contribution in [0.15, 0.2) is 46.7 Å². The van der Waals surface area contributed by atoms with Crippen molar-refractivity contribution in [2.24, 2.45) is 4.99 Å². The Morgan fingerprint density at radius 3 is 2.50 bits per heavy atom. The standard InChI is InChI=1S/C14H15NO5/c1-10(16)12(13(17)19-2)8-15-14(18)20-9-11-6-4-3-5-7-11/h3-8,16H,9H2,1-2H3/b12-10+,15-8+. The van der Waals surface area contributed by atoms with Gasteiger partial charge in [-0.25, -0.2) is 9.59 Å². The lowest BCUT2D eigenvalue weighted by Crippen LogP contribution is -2.09. The Morgan fingerprint density at radius 1 is 1.30 bits per heavy atom. The molecule has 0 bridgehead atoms. The molecule has 1 amide bonds. The smallest absolute Gasteiger partial charge is 0.433 e. The number of ether oxygens (including phenoxy) is 2. The van der Waals surface area contributed by atoms with Gasteiger partial charge in [0.05, 0.1) is 13.3 Å². The molecule has 0 atom stereocenters. The van der Waals surface area contributed by atoms with Gasteiger partial charge in [0.1, 0.15) is 17.9 Å². The summed E-state index contributed by atoms with van der Waals surface area (Å²) in [5.41, 5.74) is 0.613. The van der Waals surface area contributed by atoms with Gasteiger partial charge >= 0.3 is 12.1 Å². The fraction of sp³-hybridized carbons (Fsp3) is 0.214. The van der Waals surface area contributed by atoms with E-state index in [1.54, 1.807) is 12.1 Å². The summed E-state index contributed by atoms with van der Waals surface area (Å²) in [6.07, 6.45) is 0.0469. The van der Waals surface area contributed by atoms with Crippen LogP contribution in [-0.2, 0) is 20.9 Å². The molecule has 106 valence electrons. The largest absolute Gasteiger partial charge is 0.512 e. The van der Waals surface area contributed by atoms with Gasteiger partial charge in [0.2, 0.25) is 0 Å². The average molecular weight is 277 g/mol. The van der Waals surface area contributed by atoms with E-state index in [0.717, 1.165) is 18.9 Å². The predicted octanol–water partition coefficient (Wildman–Crippen LogP) is 2.40. The highest BCUT2D eigenvalue weighted by atomic mass is 16.5. The van der Waals surface area contributed by atoms with Gasteiger partial charge in [-0.1, -0.05) is 30.3 Å². The first-order valence-electron chi connectivity index (χ1n) is 5.77. The molecule has 0 saturated heterocycles. The van der Waals surface area contributed by atoms with Gasteiger partial charge in [-0.2, -0.15) is 4.99 Å². The van der Waals surface area contributed by atoms with Crippen LogP contribution >= 0.6 is 0 Å². The van der Waals surface area contributed by atoms with E-state index in [1.807, 2.05) is 18.2 Å². The molecule has 0 heterocycles. The molecule has 1 aromatic carbocycles. The molecule has 0 unspecified atom stereocenters. The predicted molar refractivity (Wildman–Crippen MR) is 72.5 cm³/mol. The minimum Gasteiger partial charge on any atom is -0.512 e. The van der Waals surface area contributed by atoms with Crippen molar-refractivity contribution in [3.8, 4) is 0 Å². The van der Waals surface area contributed by atoms with Gasteiger partial charge in [0, 0.05) is 0 Å². The Morgan fingerprint density at radius 2 is 1.95 bits per heavy atom. The van der Waals surface area contributed by atoms with E-state index >= 15 is 0 Å². The third-order valence-electron chi connectivity index (χ3n) is 2.30. The molecule has 0 spiro atoms. The van der Waals surface area contributed by atoms with E-state index in [1.165, 1.54) is 6.92 Å². The lowest BCUT2D eigenvalue weighted by molar-refractivity contribution is -0.135. The number of esters is 1. The van der Waals surface area contributed by atoms with Crippen molar-refractivity contribution in [1.82, 2.24) is 0 Å². The van der Waals surface area contributed by atoms with E-state index < -0.39 is 12.1 Å². The molecule has 0 fully saturated rings. The van der Waals surface area contributed by atoms with Crippen molar-refractivity contribution >= 4 is 18.3 Å². The van der Waals surface area contributed by atoms with Gasteiger partial charge < -0.3 is 14.6 Å². The maximum Gasteiger partial charge on any atom is 0.433 e. The minimum absolute atomic E-state index is 0.0758. The number of methoxy groups -OCH3 is 1. The molecule has 6 nitrogen and oxygen atoms in total. The Balaban J connectivity index is 2.59. The van der Waals surface area contributed by atoms with Crippen LogP contribution in [0.3, 0.4) is 0 Å². The zero-order valence-electron chi connectivity index (χ0n) is 11.2. The van der Waals surface area contributed by atoms with Crippen LogP contribution in [0.5, 0.6) is 0 Å². The first kappa shape index (κ1) is 15.4. The minimum atomic E-state index is -0.864. The van der Waals surface area contributed by atoms with Crippen LogP contribution in [0.4, 0.5) is 4.79 Å². The van der Waals surface area contributed by atoms with E-state index in [-0.39, 0.29) is 17.9 Å². The quantitative estimate of drug-likeness (QED) is 0.395. The van der Waals surface area contributed by atoms with Crippen LogP contribution in [0.2, 0.25) is 0 Å². The molecular weight excluding hydrogens is 262 g/mol. The third-order valence-corrected chi connectivity index (χ3v) is 2.30. The number of nitrogens with zero attached hydrogens (tertiary/aromatic N) is 1. The second-order valence-corrected chi connectivity index (χ2v) is 3.79.